The number of rotatable bonds is 5. The summed E-state index contributed by atoms with van der Waals surface area (Å²) in [6.07, 6.45) is 4.81. The number of likely N-dealkylation sites (tertiary alicyclic amines) is 1. The molecule has 0 spiro atoms. The molecular weight excluding hydrogens is 284 g/mol. The van der Waals surface area contributed by atoms with Crippen LogP contribution in [0.3, 0.4) is 0 Å². The summed E-state index contributed by atoms with van der Waals surface area (Å²) >= 11 is 0. The van der Waals surface area contributed by atoms with Crippen LogP contribution in [-0.4, -0.2) is 46.4 Å². The van der Waals surface area contributed by atoms with Crippen LogP contribution in [0.1, 0.15) is 52.4 Å². The van der Waals surface area contributed by atoms with Crippen molar-refractivity contribution >= 4 is 17.8 Å². The van der Waals surface area contributed by atoms with Gasteiger partial charge in [0.2, 0.25) is 11.8 Å². The van der Waals surface area contributed by atoms with Gasteiger partial charge >= 0.3 is 5.97 Å². The monoisotopic (exact) mass is 310 g/mol. The third-order valence-corrected chi connectivity index (χ3v) is 4.98. The molecule has 0 bridgehead atoms. The molecule has 0 radical (unpaired) electrons. The average molecular weight is 310 g/mol. The molecule has 2 atom stereocenters. The molecule has 2 unspecified atom stereocenters. The lowest BCUT2D eigenvalue weighted by Gasteiger charge is -2.33. The number of hydrogen-bond acceptors (Lipinski definition) is 3. The molecule has 0 aromatic rings. The fourth-order valence-electron chi connectivity index (χ4n) is 3.44. The van der Waals surface area contributed by atoms with E-state index in [0.717, 1.165) is 25.7 Å². The van der Waals surface area contributed by atoms with Gasteiger partial charge in [0.05, 0.1) is 5.92 Å². The van der Waals surface area contributed by atoms with Crippen LogP contribution in [-0.2, 0) is 14.4 Å². The molecule has 0 aromatic heterocycles. The number of carbonyl (C=O) groups is 3. The summed E-state index contributed by atoms with van der Waals surface area (Å²) in [4.78, 5) is 37.2. The Morgan fingerprint density at radius 1 is 1.32 bits per heavy atom. The number of carboxylic acid groups (broad SMARTS) is 1. The Morgan fingerprint density at radius 3 is 2.50 bits per heavy atom. The minimum absolute atomic E-state index is 0.0306. The summed E-state index contributed by atoms with van der Waals surface area (Å²) in [5.74, 6) is -1.01. The molecule has 2 N–H and O–H groups in total. The molecular formula is C16H26N2O4. The molecule has 1 heterocycles. The lowest BCUT2D eigenvalue weighted by atomic mass is 9.87. The molecule has 1 saturated heterocycles. The second-order valence-corrected chi connectivity index (χ2v) is 6.67. The summed E-state index contributed by atoms with van der Waals surface area (Å²) in [5, 5.41) is 11.5. The normalized spacial score (nSPS) is 30.2. The van der Waals surface area contributed by atoms with Gasteiger partial charge in [-0.2, -0.15) is 0 Å². The van der Waals surface area contributed by atoms with E-state index in [2.05, 4.69) is 12.2 Å². The third-order valence-electron chi connectivity index (χ3n) is 4.98. The van der Waals surface area contributed by atoms with Crippen molar-refractivity contribution in [2.45, 2.75) is 64.5 Å². The van der Waals surface area contributed by atoms with Crippen molar-refractivity contribution in [3.05, 3.63) is 0 Å². The second-order valence-electron chi connectivity index (χ2n) is 6.67. The van der Waals surface area contributed by atoms with Crippen LogP contribution in [0, 0.1) is 11.8 Å². The van der Waals surface area contributed by atoms with Crippen LogP contribution >= 0.6 is 0 Å². The molecule has 6 nitrogen and oxygen atoms in total. The second kappa shape index (κ2) is 7.11. The highest BCUT2D eigenvalue weighted by molar-refractivity contribution is 5.91. The number of carbonyl (C=O) groups excluding carboxylic acids is 2. The van der Waals surface area contributed by atoms with Gasteiger partial charge in [-0.05, 0) is 38.0 Å². The van der Waals surface area contributed by atoms with Crippen LogP contribution in [0.25, 0.3) is 0 Å². The third kappa shape index (κ3) is 3.78. The molecule has 1 aliphatic heterocycles. The quantitative estimate of drug-likeness (QED) is 0.803. The highest BCUT2D eigenvalue weighted by Crippen LogP contribution is 2.31. The van der Waals surface area contributed by atoms with Gasteiger partial charge in [0.15, 0.2) is 0 Å². The van der Waals surface area contributed by atoms with E-state index < -0.39 is 17.9 Å². The van der Waals surface area contributed by atoms with Gasteiger partial charge in [0, 0.05) is 19.0 Å². The molecule has 2 fully saturated rings. The molecule has 124 valence electrons. The summed E-state index contributed by atoms with van der Waals surface area (Å²) in [7, 11) is 0. The molecule has 6 heteroatoms. The van der Waals surface area contributed by atoms with Gasteiger partial charge in [-0.25, -0.2) is 4.79 Å². The summed E-state index contributed by atoms with van der Waals surface area (Å²) in [5.41, 5.74) is 0. The zero-order chi connectivity index (χ0) is 16.3. The Bertz CT molecular complexity index is 443. The summed E-state index contributed by atoms with van der Waals surface area (Å²) in [6, 6.07) is -0.616. The summed E-state index contributed by atoms with van der Waals surface area (Å²) < 4.78 is 0. The first-order valence-electron chi connectivity index (χ1n) is 8.25. The van der Waals surface area contributed by atoms with Crippen LogP contribution in [0.15, 0.2) is 0 Å². The Hall–Kier alpha value is -1.59. The van der Waals surface area contributed by atoms with Gasteiger partial charge in [-0.3, -0.25) is 9.59 Å². The van der Waals surface area contributed by atoms with Gasteiger partial charge in [0.1, 0.15) is 6.04 Å². The van der Waals surface area contributed by atoms with Crippen molar-refractivity contribution in [1.82, 2.24) is 10.2 Å². The maximum Gasteiger partial charge on any atom is 0.326 e. The summed E-state index contributed by atoms with van der Waals surface area (Å²) in [6.45, 7) is 4.38. The first-order valence-corrected chi connectivity index (χ1v) is 8.25. The molecule has 2 amide bonds. The van der Waals surface area contributed by atoms with Gasteiger partial charge in [-0.15, -0.1) is 0 Å². The van der Waals surface area contributed by atoms with E-state index in [9.17, 15) is 14.4 Å². The number of amides is 2. The minimum atomic E-state index is -1.03. The topological polar surface area (TPSA) is 86.7 Å². The molecule has 1 saturated carbocycles. The van der Waals surface area contributed by atoms with Crippen molar-refractivity contribution in [1.29, 1.82) is 0 Å². The predicted molar refractivity (Wildman–Crippen MR) is 81.1 cm³/mol. The van der Waals surface area contributed by atoms with E-state index >= 15 is 0 Å². The van der Waals surface area contributed by atoms with Crippen LogP contribution in [0.5, 0.6) is 0 Å². The van der Waals surface area contributed by atoms with E-state index in [4.69, 9.17) is 5.11 Å². The van der Waals surface area contributed by atoms with Crippen molar-refractivity contribution in [2.24, 2.45) is 11.8 Å². The van der Waals surface area contributed by atoms with Crippen molar-refractivity contribution in [2.75, 3.05) is 6.54 Å². The lowest BCUT2D eigenvalue weighted by Crippen LogP contribution is -2.44. The van der Waals surface area contributed by atoms with Crippen molar-refractivity contribution in [3.8, 4) is 0 Å². The van der Waals surface area contributed by atoms with Crippen LogP contribution in [0.4, 0.5) is 0 Å². The van der Waals surface area contributed by atoms with Gasteiger partial charge < -0.3 is 15.3 Å². The Labute approximate surface area is 131 Å². The fraction of sp³-hybridized carbons (Fsp3) is 0.812. The predicted octanol–water partition coefficient (Wildman–Crippen LogP) is 1.39. The number of carboxylic acids is 1. The minimum Gasteiger partial charge on any atom is -0.480 e. The molecule has 1 aliphatic carbocycles. The van der Waals surface area contributed by atoms with Crippen LogP contribution in [0.2, 0.25) is 0 Å². The van der Waals surface area contributed by atoms with Crippen molar-refractivity contribution < 1.29 is 19.5 Å². The zero-order valence-corrected chi connectivity index (χ0v) is 13.4. The van der Waals surface area contributed by atoms with Crippen molar-refractivity contribution in [3.63, 3.8) is 0 Å². The largest absolute Gasteiger partial charge is 0.480 e. The van der Waals surface area contributed by atoms with E-state index in [-0.39, 0.29) is 24.3 Å². The van der Waals surface area contributed by atoms with E-state index in [1.165, 1.54) is 0 Å². The lowest BCUT2D eigenvalue weighted by molar-refractivity contribution is -0.142. The average Bonchev–Trinajstić information content (AvgIpc) is 2.87. The van der Waals surface area contributed by atoms with E-state index in [0.29, 0.717) is 18.9 Å². The van der Waals surface area contributed by atoms with E-state index in [1.54, 1.807) is 6.92 Å². The number of aliphatic carboxylic acids is 1. The Kier molecular flexibility index (Phi) is 5.42. The van der Waals surface area contributed by atoms with Gasteiger partial charge in [0.25, 0.3) is 0 Å². The molecule has 22 heavy (non-hydrogen) atoms. The first-order chi connectivity index (χ1) is 10.4. The fourth-order valence-corrected chi connectivity index (χ4v) is 3.44. The van der Waals surface area contributed by atoms with Gasteiger partial charge in [-0.1, -0.05) is 13.8 Å². The highest BCUT2D eigenvalue weighted by atomic mass is 16.4. The number of hydrogen-bond donors (Lipinski definition) is 2. The van der Waals surface area contributed by atoms with E-state index in [1.807, 2.05) is 4.90 Å². The Balaban J connectivity index is 1.91. The SMILES string of the molecule is CCC(NC(=O)C1CC(=O)N(C2CCC(C)CC2)C1)C(=O)O. The number of nitrogens with zero attached hydrogens (tertiary/aromatic N) is 1. The first kappa shape index (κ1) is 16.8. The number of nitrogens with one attached hydrogen (secondary N) is 1. The Morgan fingerprint density at radius 2 is 1.95 bits per heavy atom. The highest BCUT2D eigenvalue weighted by Gasteiger charge is 2.39. The molecule has 2 rings (SSSR count). The molecule has 2 aliphatic rings. The smallest absolute Gasteiger partial charge is 0.326 e. The molecule has 0 aromatic carbocycles. The maximum absolute atomic E-state index is 12.2. The standard InChI is InChI=1S/C16H26N2O4/c1-3-13(16(21)22)17-15(20)11-8-14(19)18(9-11)12-6-4-10(2)5-7-12/h10-13H,3-9H2,1-2H3,(H,17,20)(H,21,22). The zero-order valence-electron chi connectivity index (χ0n) is 13.4. The van der Waals surface area contributed by atoms with Crippen LogP contribution < -0.4 is 5.32 Å². The maximum atomic E-state index is 12.2.